The minimum absolute atomic E-state index is 0.0371. The number of nitrogens with zero attached hydrogens (tertiary/aromatic N) is 4. The Morgan fingerprint density at radius 1 is 1.06 bits per heavy atom. The Morgan fingerprint density at radius 3 is 2.61 bits per heavy atom. The van der Waals surface area contributed by atoms with E-state index in [1.165, 1.54) is 18.2 Å². The number of thiophene rings is 1. The third-order valence-electron chi connectivity index (χ3n) is 11.0. The highest BCUT2D eigenvalue weighted by molar-refractivity contribution is 7.51. The number of ether oxygens (including phenoxy) is 1. The number of morpholine rings is 1. The minimum atomic E-state index is -4.98. The van der Waals surface area contributed by atoms with E-state index in [4.69, 9.17) is 4.74 Å². The first kappa shape index (κ1) is 32.8. The van der Waals surface area contributed by atoms with Crippen LogP contribution in [0.15, 0.2) is 42.7 Å². The van der Waals surface area contributed by atoms with Gasteiger partial charge in [-0.2, -0.15) is 0 Å². The number of benzene rings is 1. The van der Waals surface area contributed by atoms with Crippen LogP contribution in [0.3, 0.4) is 0 Å². The fourth-order valence-corrected chi connectivity index (χ4v) is 9.74. The summed E-state index contributed by atoms with van der Waals surface area (Å²) in [6.07, 6.45) is 7.46. The van der Waals surface area contributed by atoms with Crippen molar-refractivity contribution < 1.29 is 37.9 Å². The number of nitrogens with one attached hydrogen (secondary N) is 1. The molecular weight excluding hydrogens is 672 g/mol. The summed E-state index contributed by atoms with van der Waals surface area (Å²) < 4.78 is 32.0. The van der Waals surface area contributed by atoms with Gasteiger partial charge in [0.2, 0.25) is 17.7 Å². The van der Waals surface area contributed by atoms with E-state index in [0.717, 1.165) is 54.9 Å². The number of rotatable bonds is 7. The van der Waals surface area contributed by atoms with Crippen LogP contribution in [0.5, 0.6) is 0 Å². The van der Waals surface area contributed by atoms with Crippen molar-refractivity contribution in [3.05, 3.63) is 58.7 Å². The van der Waals surface area contributed by atoms with E-state index >= 15 is 0 Å². The molecule has 2 aromatic heterocycles. The summed E-state index contributed by atoms with van der Waals surface area (Å²) in [4.78, 5) is 71.0. The zero-order chi connectivity index (χ0) is 34.0. The van der Waals surface area contributed by atoms with E-state index in [1.54, 1.807) is 17.2 Å². The van der Waals surface area contributed by atoms with Crippen molar-refractivity contribution in [1.82, 2.24) is 20.1 Å². The Labute approximate surface area is 286 Å². The van der Waals surface area contributed by atoms with Gasteiger partial charge in [0.1, 0.15) is 12.1 Å². The van der Waals surface area contributed by atoms with Crippen LogP contribution in [0.4, 0.5) is 10.1 Å². The second-order valence-corrected chi connectivity index (χ2v) is 16.8. The lowest BCUT2D eigenvalue weighted by Gasteiger charge is -2.44. The summed E-state index contributed by atoms with van der Waals surface area (Å²) in [5.41, 5.74) is 2.11. The van der Waals surface area contributed by atoms with Gasteiger partial charge in [-0.3, -0.25) is 23.9 Å². The Hall–Kier alpha value is -3.42. The lowest BCUT2D eigenvalue weighted by Crippen LogP contribution is -2.59. The first-order valence-corrected chi connectivity index (χ1v) is 19.5. The molecule has 12 nitrogen and oxygen atoms in total. The molecule has 1 aromatic carbocycles. The van der Waals surface area contributed by atoms with E-state index in [1.807, 2.05) is 17.2 Å². The number of aromatic nitrogens is 1. The summed E-state index contributed by atoms with van der Waals surface area (Å²) in [6, 6.07) is 6.39. The monoisotopic (exact) mass is 711 g/mol. The molecule has 4 saturated heterocycles. The second kappa shape index (κ2) is 12.7. The number of hydrogen-bond donors (Lipinski definition) is 3. The van der Waals surface area contributed by atoms with Crippen molar-refractivity contribution in [2.75, 3.05) is 44.3 Å². The highest BCUT2D eigenvalue weighted by Gasteiger charge is 2.52. The molecule has 15 heteroatoms. The third kappa shape index (κ3) is 6.27. The van der Waals surface area contributed by atoms with Crippen molar-refractivity contribution >= 4 is 52.4 Å². The highest BCUT2D eigenvalue weighted by Crippen LogP contribution is 2.53. The number of anilines is 1. The Balaban J connectivity index is 0.964. The topological polar surface area (TPSA) is 153 Å². The van der Waals surface area contributed by atoms with Gasteiger partial charge in [0.05, 0.1) is 18.1 Å². The molecule has 5 fully saturated rings. The van der Waals surface area contributed by atoms with Gasteiger partial charge in [-0.1, -0.05) is 6.07 Å². The van der Waals surface area contributed by atoms with E-state index in [9.17, 15) is 33.1 Å². The molecular formula is C34H39FN5O7PS. The number of carbonyl (C=O) groups excluding carboxylic acids is 3. The van der Waals surface area contributed by atoms with Crippen LogP contribution in [0.25, 0.3) is 10.1 Å². The predicted octanol–water partition coefficient (Wildman–Crippen LogP) is 3.79. The molecule has 5 aliphatic rings. The number of fused-ring (bicyclic) bond motifs is 3. The number of likely N-dealkylation sites (tertiary alicyclic amines) is 1. The Kier molecular flexibility index (Phi) is 8.51. The Bertz CT molecular complexity index is 1840. The largest absolute Gasteiger partial charge is 0.378 e. The van der Waals surface area contributed by atoms with Crippen molar-refractivity contribution in [2.45, 2.75) is 62.1 Å². The molecule has 1 aliphatic carbocycles. The number of hydrogen-bond acceptors (Lipinski definition) is 8. The van der Waals surface area contributed by atoms with E-state index in [0.29, 0.717) is 65.9 Å². The lowest BCUT2D eigenvalue weighted by atomic mass is 9.90. The second-order valence-electron chi connectivity index (χ2n) is 14.1. The van der Waals surface area contributed by atoms with Crippen molar-refractivity contribution in [3.8, 4) is 0 Å². The van der Waals surface area contributed by atoms with Gasteiger partial charge in [0, 0.05) is 66.5 Å². The van der Waals surface area contributed by atoms with Crippen LogP contribution in [-0.4, -0.2) is 99.8 Å². The van der Waals surface area contributed by atoms with Crippen LogP contribution < -0.4 is 10.2 Å². The number of carbonyl (C=O) groups is 3. The van der Waals surface area contributed by atoms with Crippen LogP contribution in [0.1, 0.15) is 64.7 Å². The molecule has 260 valence electrons. The van der Waals surface area contributed by atoms with Crippen molar-refractivity contribution in [3.63, 3.8) is 0 Å². The molecule has 0 spiro atoms. The molecule has 6 atom stereocenters. The quantitative estimate of drug-likeness (QED) is 0.311. The molecule has 49 heavy (non-hydrogen) atoms. The average molecular weight is 712 g/mol. The van der Waals surface area contributed by atoms with E-state index in [-0.39, 0.29) is 29.3 Å². The first-order chi connectivity index (χ1) is 23.5. The predicted molar refractivity (Wildman–Crippen MR) is 180 cm³/mol. The molecule has 4 aliphatic heterocycles. The minimum Gasteiger partial charge on any atom is -0.378 e. The number of halogens is 1. The van der Waals surface area contributed by atoms with Gasteiger partial charge in [-0.15, -0.1) is 11.3 Å². The van der Waals surface area contributed by atoms with Crippen molar-refractivity contribution in [1.29, 1.82) is 0 Å². The van der Waals surface area contributed by atoms with E-state index in [2.05, 4.69) is 15.2 Å². The smallest absolute Gasteiger partial charge is 0.363 e. The maximum absolute atomic E-state index is 14.3. The van der Waals surface area contributed by atoms with Gasteiger partial charge < -0.3 is 34.5 Å². The van der Waals surface area contributed by atoms with Gasteiger partial charge in [-0.25, -0.2) is 4.39 Å². The average Bonchev–Trinajstić information content (AvgIpc) is 3.43. The summed E-state index contributed by atoms with van der Waals surface area (Å²) in [7, 11) is -4.98. The fourth-order valence-electron chi connectivity index (χ4n) is 8.25. The molecule has 3 amide bonds. The van der Waals surface area contributed by atoms with Crippen LogP contribution >= 0.6 is 18.9 Å². The zero-order valence-electron chi connectivity index (χ0n) is 26.8. The Morgan fingerprint density at radius 2 is 1.84 bits per heavy atom. The lowest BCUT2D eigenvalue weighted by molar-refractivity contribution is -0.149. The van der Waals surface area contributed by atoms with Crippen molar-refractivity contribution in [2.24, 2.45) is 11.8 Å². The third-order valence-corrected chi connectivity index (χ3v) is 13.0. The first-order valence-electron chi connectivity index (χ1n) is 17.0. The summed E-state index contributed by atoms with van der Waals surface area (Å²) in [6.45, 7) is 4.13. The molecule has 3 N–H and O–H groups in total. The number of pyridine rings is 1. The fraction of sp³-hybridized carbons (Fsp3) is 0.529. The molecule has 0 radical (unpaired) electrons. The van der Waals surface area contributed by atoms with Gasteiger partial charge in [0.25, 0.3) is 5.91 Å². The van der Waals surface area contributed by atoms with E-state index < -0.39 is 31.5 Å². The number of alkyl halides is 1. The summed E-state index contributed by atoms with van der Waals surface area (Å²) >= 11 is 1.16. The van der Waals surface area contributed by atoms with Gasteiger partial charge in [-0.05, 0) is 79.2 Å². The SMILES string of the molecule is O=C(N[C@H]1C[C@H]2C[C@H]2C[C@H]2CC[C@@H](C(=O)N3CC(c4cnccc4N4CCOCC4)C3)N2C1=O)c1cc2cc([C@@H](F)P(=O)(O)O)ccc2s1. The van der Waals surface area contributed by atoms with Crippen LogP contribution in [-0.2, 0) is 18.9 Å². The molecule has 3 aromatic rings. The van der Waals surface area contributed by atoms with Gasteiger partial charge in [0.15, 0.2) is 0 Å². The number of amides is 3. The normalized spacial score (nSPS) is 27.9. The highest BCUT2D eigenvalue weighted by atomic mass is 32.1. The summed E-state index contributed by atoms with van der Waals surface area (Å²) in [5, 5.41) is 3.45. The van der Waals surface area contributed by atoms with Crippen LogP contribution in [0, 0.1) is 11.8 Å². The summed E-state index contributed by atoms with van der Waals surface area (Å²) in [5.74, 6) is -2.17. The molecule has 0 unspecified atom stereocenters. The molecule has 8 rings (SSSR count). The molecule has 0 bridgehead atoms. The standard InChI is InChI=1S/C34H39FN5O7PS/c35-31(48(44,45)46)19-1-4-29-22(11-19)15-30(49-29)32(41)37-26-14-21-12-20(21)13-24-2-3-28(40(24)33(26)42)34(43)39-17-23(18-39)25-16-36-6-5-27(25)38-7-9-47-10-8-38/h1,4-6,11,15-16,20-21,23-24,26,28,31H,2-3,7-10,12-14,17-18H2,(H,37,41)(H2,44,45,46)/t20-,21+,24+,26-,28-,31-/m0/s1. The zero-order valence-corrected chi connectivity index (χ0v) is 28.5. The van der Waals surface area contributed by atoms with Crippen LogP contribution in [0.2, 0.25) is 0 Å². The maximum atomic E-state index is 14.3. The molecule has 6 heterocycles. The maximum Gasteiger partial charge on any atom is 0.363 e. The molecule has 1 saturated carbocycles. The van der Waals surface area contributed by atoms with Gasteiger partial charge >= 0.3 is 7.60 Å².